The second-order valence-corrected chi connectivity index (χ2v) is 5.61. The molecule has 1 rings (SSSR count). The van der Waals surface area contributed by atoms with Crippen molar-refractivity contribution < 1.29 is 23.0 Å². The lowest BCUT2D eigenvalue weighted by atomic mass is 9.76. The molecule has 0 bridgehead atoms. The summed E-state index contributed by atoms with van der Waals surface area (Å²) in [5, 5.41) is 9.92. The highest BCUT2D eigenvalue weighted by atomic mass is 19.4. The monoisotopic (exact) mass is 282 g/mol. The maximum Gasteiger partial charge on any atom is 0.411 e. The molecule has 5 heteroatoms. The van der Waals surface area contributed by atoms with Gasteiger partial charge in [-0.2, -0.15) is 13.2 Å². The molecule has 0 aromatic rings. The third-order valence-electron chi connectivity index (χ3n) is 3.88. The minimum absolute atomic E-state index is 0.126. The molecule has 0 aromatic heterocycles. The van der Waals surface area contributed by atoms with Gasteiger partial charge in [0.15, 0.2) is 0 Å². The fourth-order valence-corrected chi connectivity index (χ4v) is 2.96. The third-order valence-corrected chi connectivity index (χ3v) is 3.88. The lowest BCUT2D eigenvalue weighted by molar-refractivity contribution is -0.174. The number of rotatable bonds is 7. The standard InChI is InChI=1S/C14H25F3O2/c1-2-4-11-6-7-13(18)12(9-11)5-3-8-19-10-14(15,16)17/h11-13,18H,2-10H2,1H3. The number of hydrogen-bond acceptors (Lipinski definition) is 2. The van der Waals surface area contributed by atoms with E-state index in [1.54, 1.807) is 0 Å². The van der Waals surface area contributed by atoms with Gasteiger partial charge in [0.05, 0.1) is 6.10 Å². The Kier molecular flexibility index (Phi) is 7.15. The topological polar surface area (TPSA) is 29.5 Å². The van der Waals surface area contributed by atoms with Gasteiger partial charge in [-0.1, -0.05) is 19.8 Å². The quantitative estimate of drug-likeness (QED) is 0.717. The van der Waals surface area contributed by atoms with Crippen LogP contribution in [0.1, 0.15) is 51.9 Å². The van der Waals surface area contributed by atoms with E-state index in [0.717, 1.165) is 32.1 Å². The van der Waals surface area contributed by atoms with Crippen LogP contribution in [-0.4, -0.2) is 30.6 Å². The summed E-state index contributed by atoms with van der Waals surface area (Å²) >= 11 is 0. The number of alkyl halides is 3. The molecule has 0 saturated heterocycles. The van der Waals surface area contributed by atoms with Crippen molar-refractivity contribution in [1.29, 1.82) is 0 Å². The van der Waals surface area contributed by atoms with Gasteiger partial charge in [-0.05, 0) is 43.9 Å². The Morgan fingerprint density at radius 1 is 1.21 bits per heavy atom. The van der Waals surface area contributed by atoms with E-state index >= 15 is 0 Å². The Balaban J connectivity index is 2.16. The SMILES string of the molecule is CCCC1CCC(O)C(CCCOCC(F)(F)F)C1. The van der Waals surface area contributed by atoms with Crippen molar-refractivity contribution >= 4 is 0 Å². The molecule has 19 heavy (non-hydrogen) atoms. The molecule has 1 saturated carbocycles. The number of ether oxygens (including phenoxy) is 1. The molecule has 0 heterocycles. The maximum atomic E-state index is 11.9. The summed E-state index contributed by atoms with van der Waals surface area (Å²) < 4.78 is 40.2. The van der Waals surface area contributed by atoms with E-state index in [4.69, 9.17) is 0 Å². The molecular weight excluding hydrogens is 257 g/mol. The van der Waals surface area contributed by atoms with Gasteiger partial charge in [0.1, 0.15) is 6.61 Å². The second kappa shape index (κ2) is 8.10. The van der Waals surface area contributed by atoms with Crippen LogP contribution in [0.15, 0.2) is 0 Å². The van der Waals surface area contributed by atoms with Crippen LogP contribution in [0.25, 0.3) is 0 Å². The van der Waals surface area contributed by atoms with Gasteiger partial charge in [-0.15, -0.1) is 0 Å². The summed E-state index contributed by atoms with van der Waals surface area (Å²) in [4.78, 5) is 0. The first-order valence-electron chi connectivity index (χ1n) is 7.25. The van der Waals surface area contributed by atoms with Crippen molar-refractivity contribution in [3.05, 3.63) is 0 Å². The van der Waals surface area contributed by atoms with E-state index in [-0.39, 0.29) is 18.6 Å². The largest absolute Gasteiger partial charge is 0.411 e. The summed E-state index contributed by atoms with van der Waals surface area (Å²) in [7, 11) is 0. The zero-order chi connectivity index (χ0) is 14.3. The minimum atomic E-state index is -4.24. The van der Waals surface area contributed by atoms with Gasteiger partial charge in [0.2, 0.25) is 0 Å². The molecule has 1 fully saturated rings. The van der Waals surface area contributed by atoms with Gasteiger partial charge < -0.3 is 9.84 Å². The van der Waals surface area contributed by atoms with Crippen LogP contribution in [0.2, 0.25) is 0 Å². The van der Waals surface area contributed by atoms with E-state index in [1.807, 2.05) is 0 Å². The van der Waals surface area contributed by atoms with E-state index < -0.39 is 12.8 Å². The fraction of sp³-hybridized carbons (Fsp3) is 1.00. The van der Waals surface area contributed by atoms with Crippen molar-refractivity contribution in [2.75, 3.05) is 13.2 Å². The van der Waals surface area contributed by atoms with Crippen LogP contribution in [-0.2, 0) is 4.74 Å². The fourth-order valence-electron chi connectivity index (χ4n) is 2.96. The highest BCUT2D eigenvalue weighted by Gasteiger charge is 2.29. The lowest BCUT2D eigenvalue weighted by Crippen LogP contribution is -2.29. The maximum absolute atomic E-state index is 11.9. The molecule has 0 spiro atoms. The van der Waals surface area contributed by atoms with Crippen molar-refractivity contribution in [2.45, 2.75) is 64.1 Å². The molecule has 1 aliphatic carbocycles. The molecule has 0 amide bonds. The summed E-state index contributed by atoms with van der Waals surface area (Å²) in [6, 6.07) is 0. The van der Waals surface area contributed by atoms with Crippen molar-refractivity contribution in [2.24, 2.45) is 11.8 Å². The average molecular weight is 282 g/mol. The molecule has 0 radical (unpaired) electrons. The van der Waals surface area contributed by atoms with Crippen LogP contribution >= 0.6 is 0 Å². The Labute approximate surface area is 113 Å². The zero-order valence-corrected chi connectivity index (χ0v) is 11.6. The highest BCUT2D eigenvalue weighted by Crippen LogP contribution is 2.34. The predicted molar refractivity (Wildman–Crippen MR) is 67.9 cm³/mol. The van der Waals surface area contributed by atoms with E-state index in [2.05, 4.69) is 11.7 Å². The number of halogens is 3. The Bertz CT molecular complexity index is 243. The molecule has 1 aliphatic rings. The van der Waals surface area contributed by atoms with Crippen LogP contribution in [0.4, 0.5) is 13.2 Å². The summed E-state index contributed by atoms with van der Waals surface area (Å²) in [5.41, 5.74) is 0. The first-order chi connectivity index (χ1) is 8.92. The number of aliphatic hydroxyl groups excluding tert-OH is 1. The van der Waals surface area contributed by atoms with Gasteiger partial charge >= 0.3 is 6.18 Å². The summed E-state index contributed by atoms with van der Waals surface area (Å²) in [6.07, 6.45) is 2.10. The second-order valence-electron chi connectivity index (χ2n) is 5.61. The molecular formula is C14H25F3O2. The third kappa shape index (κ3) is 7.16. The first-order valence-corrected chi connectivity index (χ1v) is 7.25. The van der Waals surface area contributed by atoms with Crippen molar-refractivity contribution in [1.82, 2.24) is 0 Å². The van der Waals surface area contributed by atoms with Gasteiger partial charge in [0.25, 0.3) is 0 Å². The molecule has 1 N–H and O–H groups in total. The molecule has 3 unspecified atom stereocenters. The van der Waals surface area contributed by atoms with E-state index in [9.17, 15) is 18.3 Å². The Morgan fingerprint density at radius 3 is 2.58 bits per heavy atom. The number of hydrogen-bond donors (Lipinski definition) is 1. The Hall–Kier alpha value is -0.290. The van der Waals surface area contributed by atoms with Gasteiger partial charge in [0, 0.05) is 6.61 Å². The molecule has 114 valence electrons. The normalized spacial score (nSPS) is 28.6. The first kappa shape index (κ1) is 16.8. The van der Waals surface area contributed by atoms with Crippen molar-refractivity contribution in [3.63, 3.8) is 0 Å². The van der Waals surface area contributed by atoms with Crippen LogP contribution < -0.4 is 0 Å². The summed E-state index contributed by atoms with van der Waals surface area (Å²) in [6.45, 7) is 1.12. The van der Waals surface area contributed by atoms with Crippen LogP contribution in [0, 0.1) is 11.8 Å². The minimum Gasteiger partial charge on any atom is -0.393 e. The zero-order valence-electron chi connectivity index (χ0n) is 11.6. The van der Waals surface area contributed by atoms with E-state index in [1.165, 1.54) is 6.42 Å². The number of aliphatic hydroxyl groups is 1. The molecule has 3 atom stereocenters. The summed E-state index contributed by atoms with van der Waals surface area (Å²) in [5.74, 6) is 0.911. The smallest absolute Gasteiger partial charge is 0.393 e. The van der Waals surface area contributed by atoms with Crippen LogP contribution in [0.3, 0.4) is 0 Å². The lowest BCUT2D eigenvalue weighted by Gasteiger charge is -2.33. The van der Waals surface area contributed by atoms with Crippen LogP contribution in [0.5, 0.6) is 0 Å². The van der Waals surface area contributed by atoms with Gasteiger partial charge in [-0.25, -0.2) is 0 Å². The molecule has 0 aliphatic heterocycles. The highest BCUT2D eigenvalue weighted by molar-refractivity contribution is 4.79. The Morgan fingerprint density at radius 2 is 1.95 bits per heavy atom. The molecule has 2 nitrogen and oxygen atoms in total. The average Bonchev–Trinajstić information content (AvgIpc) is 2.31. The predicted octanol–water partition coefficient (Wildman–Crippen LogP) is 3.92. The molecule has 0 aromatic carbocycles. The van der Waals surface area contributed by atoms with E-state index in [0.29, 0.717) is 12.3 Å². The van der Waals surface area contributed by atoms with Crippen molar-refractivity contribution in [3.8, 4) is 0 Å². The van der Waals surface area contributed by atoms with Gasteiger partial charge in [-0.3, -0.25) is 0 Å².